The van der Waals surface area contributed by atoms with Crippen molar-refractivity contribution in [1.29, 1.82) is 0 Å². The first-order valence-corrected chi connectivity index (χ1v) is 11.0. The summed E-state index contributed by atoms with van der Waals surface area (Å²) in [6.07, 6.45) is 0. The summed E-state index contributed by atoms with van der Waals surface area (Å²) in [6.45, 7) is 1.69. The molecule has 138 valence electrons. The summed E-state index contributed by atoms with van der Waals surface area (Å²) in [5, 5.41) is 0. The van der Waals surface area contributed by atoms with Crippen LogP contribution in [0.25, 0.3) is 16.7 Å². The van der Waals surface area contributed by atoms with Gasteiger partial charge in [0.2, 0.25) is 0 Å². The van der Waals surface area contributed by atoms with Crippen molar-refractivity contribution in [3.05, 3.63) is 64.6 Å². The van der Waals surface area contributed by atoms with E-state index in [1.807, 2.05) is 18.2 Å². The second-order valence-electron chi connectivity index (χ2n) is 5.96. The second kappa shape index (κ2) is 6.49. The molecule has 10 heteroatoms. The van der Waals surface area contributed by atoms with Crippen molar-refractivity contribution in [1.82, 2.24) is 17.3 Å². The molecule has 0 radical (unpaired) electrons. The number of nitrogens with one attached hydrogen (secondary N) is 1. The van der Waals surface area contributed by atoms with Gasteiger partial charge in [-0.25, -0.2) is 0 Å². The number of anilines is 1. The maximum absolute atomic E-state index is 12.9. The molecule has 8 nitrogen and oxygen atoms in total. The molecule has 2 aromatic carbocycles. The van der Waals surface area contributed by atoms with Crippen LogP contribution in [-0.2, 0) is 17.1 Å². The number of hydrogen-bond acceptors (Lipinski definition) is 5. The number of hydrogen-bond donors (Lipinski definition) is 1. The van der Waals surface area contributed by atoms with Crippen LogP contribution in [0.4, 0.5) is 5.69 Å². The molecular formula is C17H15N5O3SSe. The van der Waals surface area contributed by atoms with Gasteiger partial charge in [0.1, 0.15) is 0 Å². The third-order valence-corrected chi connectivity index (χ3v) is 6.84. The van der Waals surface area contributed by atoms with Crippen molar-refractivity contribution in [2.24, 2.45) is 7.05 Å². The van der Waals surface area contributed by atoms with Gasteiger partial charge in [-0.3, -0.25) is 0 Å². The molecule has 0 aliphatic carbocycles. The van der Waals surface area contributed by atoms with Crippen molar-refractivity contribution in [3.8, 4) is 5.69 Å². The molecule has 4 rings (SSSR count). The summed E-state index contributed by atoms with van der Waals surface area (Å²) < 4.78 is 39.6. The van der Waals surface area contributed by atoms with Crippen molar-refractivity contribution in [2.75, 3.05) is 4.72 Å². The van der Waals surface area contributed by atoms with Crippen LogP contribution in [-0.4, -0.2) is 40.7 Å². The van der Waals surface area contributed by atoms with Crippen LogP contribution in [0.15, 0.2) is 58.2 Å². The van der Waals surface area contributed by atoms with Crippen molar-refractivity contribution >= 4 is 41.7 Å². The Labute approximate surface area is 161 Å². The second-order valence-corrected chi connectivity index (χ2v) is 8.75. The van der Waals surface area contributed by atoms with Gasteiger partial charge in [-0.1, -0.05) is 6.07 Å². The van der Waals surface area contributed by atoms with E-state index in [4.69, 9.17) is 0 Å². The standard InChI is InChI=1S/C17H15N5O3SSe/c1-11-16(17(23)22(21(11)2)12-6-4-3-5-7-12)18-26(24,25)13-8-9-14-15(10-13)20-27-19-14/h3-10,18H,1-2H3. The number of benzene rings is 2. The molecule has 0 aliphatic heterocycles. The zero-order chi connectivity index (χ0) is 19.2. The van der Waals surface area contributed by atoms with Gasteiger partial charge >= 0.3 is 155 Å². The number of nitrogens with zero attached hydrogens (tertiary/aromatic N) is 4. The summed E-state index contributed by atoms with van der Waals surface area (Å²) >= 11 is -0.239. The van der Waals surface area contributed by atoms with E-state index in [2.05, 4.69) is 12.7 Å². The summed E-state index contributed by atoms with van der Waals surface area (Å²) in [6, 6.07) is 13.6. The monoisotopic (exact) mass is 449 g/mol. The van der Waals surface area contributed by atoms with E-state index < -0.39 is 15.6 Å². The molecule has 0 fully saturated rings. The fourth-order valence-corrected chi connectivity index (χ4v) is 5.03. The van der Waals surface area contributed by atoms with Gasteiger partial charge in [0.25, 0.3) is 0 Å². The summed E-state index contributed by atoms with van der Waals surface area (Å²) in [5.41, 5.74) is 2.00. The number of aromatic nitrogens is 4. The zero-order valence-corrected chi connectivity index (χ0v) is 17.0. The van der Waals surface area contributed by atoms with Crippen LogP contribution in [0, 0.1) is 6.92 Å². The molecular weight excluding hydrogens is 433 g/mol. The van der Waals surface area contributed by atoms with E-state index in [1.165, 1.54) is 16.8 Å². The first-order chi connectivity index (χ1) is 12.9. The molecule has 0 aliphatic rings. The Morgan fingerprint density at radius 1 is 1.04 bits per heavy atom. The molecule has 0 amide bonds. The molecule has 27 heavy (non-hydrogen) atoms. The summed E-state index contributed by atoms with van der Waals surface area (Å²) in [7, 11) is -2.23. The third kappa shape index (κ3) is 3.01. The number of fused-ring (bicyclic) bond motifs is 1. The van der Waals surface area contributed by atoms with Gasteiger partial charge in [0.05, 0.1) is 0 Å². The third-order valence-electron chi connectivity index (χ3n) is 4.33. The molecule has 0 bridgehead atoms. The average Bonchev–Trinajstić information content (AvgIpc) is 3.21. The Kier molecular flexibility index (Phi) is 4.26. The van der Waals surface area contributed by atoms with Crippen molar-refractivity contribution in [2.45, 2.75) is 11.8 Å². The molecule has 2 aromatic heterocycles. The van der Waals surface area contributed by atoms with Gasteiger partial charge in [-0.2, -0.15) is 0 Å². The van der Waals surface area contributed by atoms with E-state index in [-0.39, 0.29) is 25.5 Å². The number of rotatable bonds is 4. The van der Waals surface area contributed by atoms with Gasteiger partial charge < -0.3 is 0 Å². The van der Waals surface area contributed by atoms with E-state index in [0.717, 1.165) is 0 Å². The summed E-state index contributed by atoms with van der Waals surface area (Å²) in [5.74, 6) is 0. The van der Waals surface area contributed by atoms with E-state index in [1.54, 1.807) is 36.9 Å². The van der Waals surface area contributed by atoms with Crippen LogP contribution in [0.3, 0.4) is 0 Å². The fraction of sp³-hybridized carbons (Fsp3) is 0.118. The van der Waals surface area contributed by atoms with E-state index >= 15 is 0 Å². The van der Waals surface area contributed by atoms with Crippen LogP contribution >= 0.6 is 0 Å². The Bertz CT molecular complexity index is 1310. The Morgan fingerprint density at radius 2 is 1.74 bits per heavy atom. The Balaban J connectivity index is 1.79. The van der Waals surface area contributed by atoms with Crippen molar-refractivity contribution < 1.29 is 8.42 Å². The fourth-order valence-electron chi connectivity index (χ4n) is 2.81. The van der Waals surface area contributed by atoms with Gasteiger partial charge in [-0.05, 0) is 0 Å². The molecule has 2 heterocycles. The molecule has 4 aromatic rings. The molecule has 1 N–H and O–H groups in total. The molecule has 0 unspecified atom stereocenters. The van der Waals surface area contributed by atoms with E-state index in [0.29, 0.717) is 22.4 Å². The minimum atomic E-state index is -3.94. The predicted molar refractivity (Wildman–Crippen MR) is 103 cm³/mol. The molecule has 0 saturated carbocycles. The Hall–Kier alpha value is -2.68. The molecule has 0 atom stereocenters. The van der Waals surface area contributed by atoms with Crippen LogP contribution in [0.1, 0.15) is 5.69 Å². The number of para-hydroxylation sites is 1. The van der Waals surface area contributed by atoms with Crippen molar-refractivity contribution in [3.63, 3.8) is 0 Å². The first-order valence-electron chi connectivity index (χ1n) is 7.97. The predicted octanol–water partition coefficient (Wildman–Crippen LogP) is 1.29. The van der Waals surface area contributed by atoms with Crippen LogP contribution in [0.2, 0.25) is 0 Å². The van der Waals surface area contributed by atoms with Gasteiger partial charge in [0.15, 0.2) is 0 Å². The molecule has 0 spiro atoms. The quantitative estimate of drug-likeness (QED) is 0.475. The topological polar surface area (TPSA) is 98.9 Å². The average molecular weight is 448 g/mol. The van der Waals surface area contributed by atoms with Gasteiger partial charge in [-0.15, -0.1) is 0 Å². The summed E-state index contributed by atoms with van der Waals surface area (Å²) in [4.78, 5) is 12.9. The SMILES string of the molecule is Cc1c(NS(=O)(=O)c2ccc3n[se]nc3c2)c(=O)n(-c2ccccc2)n1C. The first kappa shape index (κ1) is 17.7. The van der Waals surface area contributed by atoms with Gasteiger partial charge in [0, 0.05) is 0 Å². The molecule has 0 saturated heterocycles. The zero-order valence-electron chi connectivity index (χ0n) is 14.4. The minimum absolute atomic E-state index is 0.0210. The normalized spacial score (nSPS) is 11.8. The Morgan fingerprint density at radius 3 is 2.48 bits per heavy atom. The maximum atomic E-state index is 12.9. The number of sulfonamides is 1. The van der Waals surface area contributed by atoms with Crippen LogP contribution in [0.5, 0.6) is 0 Å². The van der Waals surface area contributed by atoms with E-state index in [9.17, 15) is 13.2 Å². The van der Waals surface area contributed by atoms with Crippen LogP contribution < -0.4 is 10.3 Å².